The molecule has 1 fully saturated rings. The SMILES string of the molecule is O=c1n(-c2ccccc2)c(=O)n2n1[C@H]1C[C@H](c3ccc(F)c(F)c3)[C@@H]2C1. The summed E-state index contributed by atoms with van der Waals surface area (Å²) in [5, 5.41) is 0. The van der Waals surface area contributed by atoms with Gasteiger partial charge in [0.15, 0.2) is 11.6 Å². The second-order valence-electron chi connectivity index (χ2n) is 6.90. The van der Waals surface area contributed by atoms with E-state index >= 15 is 0 Å². The Hall–Kier alpha value is -2.96. The summed E-state index contributed by atoms with van der Waals surface area (Å²) in [5.41, 5.74) is 0.452. The minimum atomic E-state index is -0.892. The highest BCUT2D eigenvalue weighted by Crippen LogP contribution is 2.51. The van der Waals surface area contributed by atoms with E-state index in [0.717, 1.165) is 6.07 Å². The van der Waals surface area contributed by atoms with E-state index in [1.807, 2.05) is 6.07 Å². The quantitative estimate of drug-likeness (QED) is 0.710. The molecule has 0 saturated heterocycles. The minimum absolute atomic E-state index is 0.108. The average Bonchev–Trinajstić information content (AvgIpc) is 3.30. The normalized spacial score (nSPS) is 23.4. The molecule has 2 aromatic carbocycles. The molecule has 0 amide bonds. The number of nitrogens with zero attached hydrogens (tertiary/aromatic N) is 3. The maximum Gasteiger partial charge on any atom is 0.352 e. The largest absolute Gasteiger partial charge is 0.352 e. The third kappa shape index (κ3) is 1.94. The van der Waals surface area contributed by atoms with Gasteiger partial charge in [0.05, 0.1) is 17.8 Å². The van der Waals surface area contributed by atoms with Crippen molar-refractivity contribution in [2.24, 2.45) is 0 Å². The predicted octanol–water partition coefficient (Wildman–Crippen LogP) is 2.75. The third-order valence-corrected chi connectivity index (χ3v) is 5.56. The molecule has 0 N–H and O–H groups in total. The average molecular weight is 355 g/mol. The summed E-state index contributed by atoms with van der Waals surface area (Å²) in [6, 6.07) is 12.3. The fourth-order valence-electron chi connectivity index (χ4n) is 4.46. The Morgan fingerprint density at radius 1 is 0.846 bits per heavy atom. The van der Waals surface area contributed by atoms with Crippen LogP contribution in [0.25, 0.3) is 5.69 Å². The highest BCUT2D eigenvalue weighted by Gasteiger charge is 2.47. The fraction of sp³-hybridized carbons (Fsp3) is 0.263. The lowest BCUT2D eigenvalue weighted by molar-refractivity contribution is 0.336. The highest BCUT2D eigenvalue weighted by molar-refractivity contribution is 5.32. The molecule has 3 aromatic rings. The fourth-order valence-corrected chi connectivity index (χ4v) is 4.46. The van der Waals surface area contributed by atoms with E-state index in [0.29, 0.717) is 24.1 Å². The molecule has 3 atom stereocenters. The van der Waals surface area contributed by atoms with E-state index in [9.17, 15) is 18.4 Å². The van der Waals surface area contributed by atoms with Crippen LogP contribution in [-0.2, 0) is 0 Å². The van der Waals surface area contributed by atoms with Gasteiger partial charge in [0.2, 0.25) is 0 Å². The van der Waals surface area contributed by atoms with Crippen molar-refractivity contribution in [3.63, 3.8) is 0 Å². The number of hydrogen-bond donors (Lipinski definition) is 0. The lowest BCUT2D eigenvalue weighted by atomic mass is 9.93. The second kappa shape index (κ2) is 5.27. The Morgan fingerprint density at radius 3 is 2.31 bits per heavy atom. The van der Waals surface area contributed by atoms with E-state index in [1.54, 1.807) is 30.3 Å². The molecule has 132 valence electrons. The second-order valence-corrected chi connectivity index (χ2v) is 6.90. The zero-order valence-electron chi connectivity index (χ0n) is 13.7. The van der Waals surface area contributed by atoms with Crippen molar-refractivity contribution in [1.29, 1.82) is 0 Å². The van der Waals surface area contributed by atoms with Crippen molar-refractivity contribution in [3.8, 4) is 5.69 Å². The molecule has 1 aliphatic heterocycles. The van der Waals surface area contributed by atoms with Crippen LogP contribution in [0.4, 0.5) is 8.78 Å². The van der Waals surface area contributed by atoms with Crippen LogP contribution in [0.3, 0.4) is 0 Å². The smallest absolute Gasteiger partial charge is 0.245 e. The molecule has 2 heterocycles. The summed E-state index contributed by atoms with van der Waals surface area (Å²) >= 11 is 0. The minimum Gasteiger partial charge on any atom is -0.245 e. The molecule has 1 saturated carbocycles. The third-order valence-electron chi connectivity index (χ3n) is 5.56. The van der Waals surface area contributed by atoms with E-state index in [2.05, 4.69) is 0 Å². The molecule has 0 spiro atoms. The van der Waals surface area contributed by atoms with Crippen LogP contribution in [0, 0.1) is 11.6 Å². The van der Waals surface area contributed by atoms with Crippen LogP contribution in [0.15, 0.2) is 58.1 Å². The van der Waals surface area contributed by atoms with Gasteiger partial charge >= 0.3 is 11.4 Å². The molecule has 26 heavy (non-hydrogen) atoms. The Bertz CT molecular complexity index is 1130. The zero-order chi connectivity index (χ0) is 18.0. The van der Waals surface area contributed by atoms with Gasteiger partial charge in [-0.15, -0.1) is 0 Å². The lowest BCUT2D eigenvalue weighted by Crippen LogP contribution is -2.31. The number of benzene rings is 2. The summed E-state index contributed by atoms with van der Waals surface area (Å²) in [7, 11) is 0. The van der Waals surface area contributed by atoms with Gasteiger partial charge in [-0.3, -0.25) is 0 Å². The van der Waals surface area contributed by atoms with Crippen molar-refractivity contribution in [2.45, 2.75) is 30.8 Å². The first-order chi connectivity index (χ1) is 12.6. The van der Waals surface area contributed by atoms with Gasteiger partial charge in [-0.25, -0.2) is 32.3 Å². The van der Waals surface area contributed by atoms with Gasteiger partial charge in [0, 0.05) is 5.92 Å². The molecule has 1 aromatic heterocycles. The Balaban J connectivity index is 1.64. The van der Waals surface area contributed by atoms with E-state index in [-0.39, 0.29) is 29.4 Å². The van der Waals surface area contributed by atoms with Crippen molar-refractivity contribution in [3.05, 3.63) is 86.7 Å². The van der Waals surface area contributed by atoms with E-state index in [4.69, 9.17) is 0 Å². The summed E-state index contributed by atoms with van der Waals surface area (Å²) < 4.78 is 31.1. The van der Waals surface area contributed by atoms with Crippen molar-refractivity contribution >= 4 is 0 Å². The molecule has 0 unspecified atom stereocenters. The van der Waals surface area contributed by atoms with Crippen molar-refractivity contribution in [1.82, 2.24) is 13.9 Å². The van der Waals surface area contributed by atoms with Crippen LogP contribution in [0.5, 0.6) is 0 Å². The number of fused-ring (bicyclic) bond motifs is 5. The van der Waals surface area contributed by atoms with Gasteiger partial charge in [-0.1, -0.05) is 24.3 Å². The highest BCUT2D eigenvalue weighted by atomic mass is 19.2. The summed E-state index contributed by atoms with van der Waals surface area (Å²) in [6.45, 7) is 0. The van der Waals surface area contributed by atoms with E-state index in [1.165, 1.54) is 20.0 Å². The summed E-state index contributed by atoms with van der Waals surface area (Å²) in [6.07, 6.45) is 1.29. The maximum atomic E-state index is 13.6. The first kappa shape index (κ1) is 15.3. The number of hydrogen-bond acceptors (Lipinski definition) is 2. The van der Waals surface area contributed by atoms with Crippen LogP contribution in [0.2, 0.25) is 0 Å². The summed E-state index contributed by atoms with van der Waals surface area (Å²) in [4.78, 5) is 25.8. The number of halogens is 2. The molecule has 1 aliphatic carbocycles. The van der Waals surface area contributed by atoms with Gasteiger partial charge in [-0.05, 0) is 42.7 Å². The topological polar surface area (TPSA) is 48.9 Å². The van der Waals surface area contributed by atoms with Crippen molar-refractivity contribution < 1.29 is 8.78 Å². The number of para-hydroxylation sites is 1. The standard InChI is InChI=1S/C19H15F2N3O2/c20-15-7-6-11(8-16(15)21)14-9-13-10-17(14)24-19(26)22(18(25)23(13)24)12-4-2-1-3-5-12/h1-8,13-14,17H,9-10H2/t13-,14+,17-/m0/s1. The van der Waals surface area contributed by atoms with Gasteiger partial charge in [0.1, 0.15) is 0 Å². The molecule has 7 heteroatoms. The van der Waals surface area contributed by atoms with Gasteiger partial charge in [0.25, 0.3) is 0 Å². The Kier molecular flexibility index (Phi) is 3.10. The molecular weight excluding hydrogens is 340 g/mol. The maximum absolute atomic E-state index is 13.6. The molecular formula is C19H15F2N3O2. The molecule has 5 nitrogen and oxygen atoms in total. The Morgan fingerprint density at radius 2 is 1.58 bits per heavy atom. The Labute approximate surface area is 146 Å². The zero-order valence-corrected chi connectivity index (χ0v) is 13.7. The molecule has 2 aliphatic rings. The van der Waals surface area contributed by atoms with Gasteiger partial charge < -0.3 is 0 Å². The van der Waals surface area contributed by atoms with Crippen LogP contribution in [-0.4, -0.2) is 13.9 Å². The van der Waals surface area contributed by atoms with Crippen LogP contribution >= 0.6 is 0 Å². The van der Waals surface area contributed by atoms with Crippen molar-refractivity contribution in [2.75, 3.05) is 0 Å². The van der Waals surface area contributed by atoms with E-state index < -0.39 is 11.6 Å². The lowest BCUT2D eigenvalue weighted by Gasteiger charge is -2.24. The molecule has 0 radical (unpaired) electrons. The van der Waals surface area contributed by atoms with Crippen LogP contribution in [0.1, 0.15) is 36.4 Å². The monoisotopic (exact) mass is 355 g/mol. The van der Waals surface area contributed by atoms with Crippen LogP contribution < -0.4 is 11.4 Å². The van der Waals surface area contributed by atoms with Gasteiger partial charge in [-0.2, -0.15) is 0 Å². The first-order valence-corrected chi connectivity index (χ1v) is 8.52. The first-order valence-electron chi connectivity index (χ1n) is 8.52. The summed E-state index contributed by atoms with van der Waals surface area (Å²) in [5.74, 6) is -1.89. The molecule has 2 bridgehead atoms. The predicted molar refractivity (Wildman–Crippen MR) is 90.7 cm³/mol. The number of rotatable bonds is 2. The molecule has 5 rings (SSSR count). The number of aromatic nitrogens is 3.